The van der Waals surface area contributed by atoms with E-state index in [4.69, 9.17) is 32.7 Å². The Balaban J connectivity index is 3.06. The van der Waals surface area contributed by atoms with Crippen molar-refractivity contribution in [3.8, 4) is 0 Å². The standard InChI is InChI=1S/C14H24Cl2O4/c15-11-13(17)19-9-7-5-3-1-2-4-6-8-10-20-14(18)12-16/h1-12H2. The van der Waals surface area contributed by atoms with Gasteiger partial charge < -0.3 is 9.47 Å². The Morgan fingerprint density at radius 1 is 0.600 bits per heavy atom. The van der Waals surface area contributed by atoms with Crippen molar-refractivity contribution in [2.24, 2.45) is 0 Å². The summed E-state index contributed by atoms with van der Waals surface area (Å²) in [5.74, 6) is -0.830. The number of carbonyl (C=O) groups excluding carboxylic acids is 2. The molecule has 0 amide bonds. The molecule has 4 nitrogen and oxygen atoms in total. The fourth-order valence-electron chi connectivity index (χ4n) is 1.71. The van der Waals surface area contributed by atoms with E-state index < -0.39 is 0 Å². The topological polar surface area (TPSA) is 52.6 Å². The molecule has 0 aliphatic heterocycles. The van der Waals surface area contributed by atoms with Crippen molar-refractivity contribution in [2.75, 3.05) is 25.0 Å². The molecule has 0 saturated heterocycles. The number of unbranched alkanes of at least 4 members (excludes halogenated alkanes) is 7. The molecule has 0 aliphatic carbocycles. The molecule has 0 aromatic heterocycles. The monoisotopic (exact) mass is 326 g/mol. The van der Waals surface area contributed by atoms with Crippen LogP contribution in [0.25, 0.3) is 0 Å². The van der Waals surface area contributed by atoms with Crippen molar-refractivity contribution < 1.29 is 19.1 Å². The van der Waals surface area contributed by atoms with Gasteiger partial charge >= 0.3 is 11.9 Å². The summed E-state index contributed by atoms with van der Waals surface area (Å²) in [7, 11) is 0. The summed E-state index contributed by atoms with van der Waals surface area (Å²) in [6.07, 6.45) is 8.62. The van der Waals surface area contributed by atoms with Gasteiger partial charge in [0.1, 0.15) is 11.8 Å². The van der Waals surface area contributed by atoms with E-state index in [0.717, 1.165) is 38.5 Å². The van der Waals surface area contributed by atoms with E-state index in [9.17, 15) is 9.59 Å². The largest absolute Gasteiger partial charge is 0.465 e. The smallest absolute Gasteiger partial charge is 0.320 e. The van der Waals surface area contributed by atoms with Crippen LogP contribution in [0.4, 0.5) is 0 Å². The van der Waals surface area contributed by atoms with Crippen LogP contribution in [0, 0.1) is 0 Å². The second-order valence-electron chi connectivity index (χ2n) is 4.54. The molecule has 0 unspecified atom stereocenters. The minimum absolute atomic E-state index is 0.0692. The lowest BCUT2D eigenvalue weighted by Gasteiger charge is -2.04. The highest BCUT2D eigenvalue weighted by Gasteiger charge is 1.99. The number of hydrogen-bond acceptors (Lipinski definition) is 4. The van der Waals surface area contributed by atoms with Crippen LogP contribution in [0.15, 0.2) is 0 Å². The van der Waals surface area contributed by atoms with Crippen LogP contribution in [0.3, 0.4) is 0 Å². The third kappa shape index (κ3) is 13.9. The minimum atomic E-state index is -0.346. The highest BCUT2D eigenvalue weighted by molar-refractivity contribution is 6.26. The van der Waals surface area contributed by atoms with Gasteiger partial charge in [-0.15, -0.1) is 23.2 Å². The van der Waals surface area contributed by atoms with E-state index >= 15 is 0 Å². The van der Waals surface area contributed by atoms with Crippen molar-refractivity contribution in [3.63, 3.8) is 0 Å². The molecular formula is C14H24Cl2O4. The van der Waals surface area contributed by atoms with Crippen molar-refractivity contribution in [2.45, 2.75) is 51.4 Å². The lowest BCUT2D eigenvalue weighted by atomic mass is 10.1. The Morgan fingerprint density at radius 2 is 0.900 bits per heavy atom. The Hall–Kier alpha value is -0.480. The first-order chi connectivity index (χ1) is 9.70. The zero-order chi connectivity index (χ0) is 15.1. The van der Waals surface area contributed by atoms with Gasteiger partial charge in [0, 0.05) is 0 Å². The molecule has 0 radical (unpaired) electrons. The van der Waals surface area contributed by atoms with Crippen LogP contribution in [0.1, 0.15) is 51.4 Å². The van der Waals surface area contributed by atoms with Crippen LogP contribution in [-0.4, -0.2) is 36.9 Å². The zero-order valence-electron chi connectivity index (χ0n) is 11.9. The summed E-state index contributed by atoms with van der Waals surface area (Å²) in [5, 5.41) is 0. The van der Waals surface area contributed by atoms with Gasteiger partial charge in [-0.3, -0.25) is 9.59 Å². The van der Waals surface area contributed by atoms with E-state index in [1.54, 1.807) is 0 Å². The van der Waals surface area contributed by atoms with Crippen LogP contribution in [0.5, 0.6) is 0 Å². The van der Waals surface area contributed by atoms with E-state index in [-0.39, 0.29) is 23.7 Å². The number of carbonyl (C=O) groups is 2. The van der Waals surface area contributed by atoms with Crippen molar-refractivity contribution in [1.82, 2.24) is 0 Å². The summed E-state index contributed by atoms with van der Waals surface area (Å²) in [5.41, 5.74) is 0. The fourth-order valence-corrected chi connectivity index (χ4v) is 1.87. The van der Waals surface area contributed by atoms with E-state index in [1.807, 2.05) is 0 Å². The average Bonchev–Trinajstić information content (AvgIpc) is 2.47. The molecule has 0 aliphatic rings. The molecule has 0 saturated carbocycles. The molecular weight excluding hydrogens is 303 g/mol. The van der Waals surface area contributed by atoms with Crippen LogP contribution in [-0.2, 0) is 19.1 Å². The molecule has 0 N–H and O–H groups in total. The summed E-state index contributed by atoms with van der Waals surface area (Å²) < 4.78 is 9.74. The van der Waals surface area contributed by atoms with Crippen molar-refractivity contribution in [1.29, 1.82) is 0 Å². The van der Waals surface area contributed by atoms with Crippen LogP contribution < -0.4 is 0 Å². The third-order valence-electron chi connectivity index (χ3n) is 2.78. The highest BCUT2D eigenvalue weighted by Crippen LogP contribution is 2.09. The Kier molecular flexibility index (Phi) is 14.6. The van der Waals surface area contributed by atoms with Crippen LogP contribution >= 0.6 is 23.2 Å². The first kappa shape index (κ1) is 19.5. The normalized spacial score (nSPS) is 10.3. The van der Waals surface area contributed by atoms with Gasteiger partial charge in [-0.05, 0) is 12.8 Å². The molecule has 0 heterocycles. The summed E-state index contributed by atoms with van der Waals surface area (Å²) in [4.78, 5) is 21.5. The van der Waals surface area contributed by atoms with Gasteiger partial charge in [-0.1, -0.05) is 38.5 Å². The maximum atomic E-state index is 10.7. The van der Waals surface area contributed by atoms with E-state index in [2.05, 4.69) is 0 Å². The number of rotatable bonds is 13. The maximum Gasteiger partial charge on any atom is 0.320 e. The van der Waals surface area contributed by atoms with Crippen LogP contribution in [0.2, 0.25) is 0 Å². The van der Waals surface area contributed by atoms with Gasteiger partial charge in [-0.25, -0.2) is 0 Å². The molecule has 118 valence electrons. The Morgan fingerprint density at radius 3 is 1.20 bits per heavy atom. The van der Waals surface area contributed by atoms with Crippen molar-refractivity contribution >= 4 is 35.1 Å². The van der Waals surface area contributed by atoms with Gasteiger partial charge in [0.05, 0.1) is 13.2 Å². The Bertz CT molecular complexity index is 234. The molecule has 0 spiro atoms. The summed E-state index contributed by atoms with van der Waals surface area (Å²) in [6, 6.07) is 0. The zero-order valence-corrected chi connectivity index (χ0v) is 13.4. The maximum absolute atomic E-state index is 10.7. The summed E-state index contributed by atoms with van der Waals surface area (Å²) in [6.45, 7) is 0.939. The second kappa shape index (κ2) is 14.9. The first-order valence-electron chi connectivity index (χ1n) is 7.14. The molecule has 20 heavy (non-hydrogen) atoms. The quantitative estimate of drug-likeness (QED) is 0.294. The number of halogens is 2. The molecule has 0 rings (SSSR count). The first-order valence-corrected chi connectivity index (χ1v) is 8.20. The summed E-state index contributed by atoms with van der Waals surface area (Å²) >= 11 is 10.6. The molecule has 0 fully saturated rings. The van der Waals surface area contributed by atoms with E-state index in [1.165, 1.54) is 12.8 Å². The number of hydrogen-bond donors (Lipinski definition) is 0. The second-order valence-corrected chi connectivity index (χ2v) is 5.07. The predicted octanol–water partition coefficient (Wildman–Crippen LogP) is 3.67. The fraction of sp³-hybridized carbons (Fsp3) is 0.857. The third-order valence-corrected chi connectivity index (χ3v) is 3.22. The SMILES string of the molecule is O=C(CCl)OCCCCCCCCCCOC(=O)CCl. The molecule has 0 aromatic carbocycles. The van der Waals surface area contributed by atoms with Gasteiger partial charge in [0.2, 0.25) is 0 Å². The predicted molar refractivity (Wildman–Crippen MR) is 80.3 cm³/mol. The number of alkyl halides is 2. The lowest BCUT2D eigenvalue weighted by Crippen LogP contribution is -2.06. The van der Waals surface area contributed by atoms with Gasteiger partial charge in [-0.2, -0.15) is 0 Å². The highest BCUT2D eigenvalue weighted by atomic mass is 35.5. The Labute approximate surface area is 131 Å². The van der Waals surface area contributed by atoms with Crippen molar-refractivity contribution in [3.05, 3.63) is 0 Å². The lowest BCUT2D eigenvalue weighted by molar-refractivity contribution is -0.141. The molecule has 6 heteroatoms. The van der Waals surface area contributed by atoms with Gasteiger partial charge in [0.15, 0.2) is 0 Å². The minimum Gasteiger partial charge on any atom is -0.465 e. The van der Waals surface area contributed by atoms with Gasteiger partial charge in [0.25, 0.3) is 0 Å². The number of ether oxygens (including phenoxy) is 2. The van der Waals surface area contributed by atoms with E-state index in [0.29, 0.717) is 13.2 Å². The average molecular weight is 327 g/mol. The molecule has 0 aromatic rings. The molecule has 0 atom stereocenters. The molecule has 0 bridgehead atoms. The number of esters is 2.